The third-order valence-corrected chi connectivity index (χ3v) is 4.49. The van der Waals surface area contributed by atoms with Gasteiger partial charge in [-0.15, -0.1) is 0 Å². The summed E-state index contributed by atoms with van der Waals surface area (Å²) < 4.78 is 0. The molecule has 1 aliphatic heterocycles. The van der Waals surface area contributed by atoms with E-state index < -0.39 is 5.91 Å². The number of halogens is 1. The second-order valence-corrected chi connectivity index (χ2v) is 6.58. The van der Waals surface area contributed by atoms with E-state index in [0.29, 0.717) is 30.2 Å². The van der Waals surface area contributed by atoms with Crippen molar-refractivity contribution in [3.63, 3.8) is 0 Å². The molecular weight excluding hydrogens is 342 g/mol. The van der Waals surface area contributed by atoms with Gasteiger partial charge in [0.25, 0.3) is 5.91 Å². The molecule has 3 rings (SSSR count). The van der Waals surface area contributed by atoms with Crippen molar-refractivity contribution in [2.24, 2.45) is 5.73 Å². The Bertz CT molecular complexity index is 796. The number of amides is 2. The van der Waals surface area contributed by atoms with E-state index >= 15 is 0 Å². The first-order valence-corrected chi connectivity index (χ1v) is 8.49. The van der Waals surface area contributed by atoms with Gasteiger partial charge in [0.05, 0.1) is 0 Å². The highest BCUT2D eigenvalue weighted by atomic mass is 35.5. The van der Waals surface area contributed by atoms with Gasteiger partial charge >= 0.3 is 0 Å². The number of aromatic nitrogens is 2. The average Bonchev–Trinajstić information content (AvgIpc) is 3.01. The van der Waals surface area contributed by atoms with Crippen LogP contribution < -0.4 is 16.0 Å². The van der Waals surface area contributed by atoms with E-state index in [-0.39, 0.29) is 17.1 Å². The van der Waals surface area contributed by atoms with Gasteiger partial charge in [0.1, 0.15) is 16.7 Å². The second kappa shape index (κ2) is 7.14. The number of pyridine rings is 1. The molecule has 0 bridgehead atoms. The molecule has 2 aromatic heterocycles. The summed E-state index contributed by atoms with van der Waals surface area (Å²) in [7, 11) is 0. The predicted octanol–water partition coefficient (Wildman–Crippen LogP) is 1.87. The van der Waals surface area contributed by atoms with Crippen LogP contribution in [0.25, 0.3) is 0 Å². The van der Waals surface area contributed by atoms with Crippen molar-refractivity contribution in [3.8, 4) is 0 Å². The smallest absolute Gasteiger partial charge is 0.267 e. The Morgan fingerprint density at radius 2 is 2.04 bits per heavy atom. The van der Waals surface area contributed by atoms with Crippen LogP contribution in [-0.4, -0.2) is 40.9 Å². The molecule has 0 aromatic carbocycles. The van der Waals surface area contributed by atoms with E-state index in [1.165, 1.54) is 6.07 Å². The number of rotatable bonds is 4. The number of aromatic amines is 1. The van der Waals surface area contributed by atoms with Gasteiger partial charge in [0.2, 0.25) is 5.91 Å². The normalized spacial score (nSPS) is 15.2. The molecule has 25 heavy (non-hydrogen) atoms. The maximum atomic E-state index is 12.2. The van der Waals surface area contributed by atoms with Crippen molar-refractivity contribution in [2.45, 2.75) is 25.8 Å². The number of nitrogens with one attached hydrogen (secondary N) is 2. The van der Waals surface area contributed by atoms with Crippen molar-refractivity contribution >= 4 is 29.2 Å². The Balaban J connectivity index is 1.60. The Morgan fingerprint density at radius 3 is 2.64 bits per heavy atom. The monoisotopic (exact) mass is 361 g/mol. The SMILES string of the molecule is Cc1ccc(C(=O)NC2CCN(c3cc(C(N)=O)cc(Cl)n3)CC2)[nH]1. The van der Waals surface area contributed by atoms with Gasteiger partial charge in [0, 0.05) is 30.4 Å². The molecule has 0 saturated carbocycles. The second-order valence-electron chi connectivity index (χ2n) is 6.19. The van der Waals surface area contributed by atoms with Gasteiger partial charge < -0.3 is 20.9 Å². The average molecular weight is 362 g/mol. The largest absolute Gasteiger partial charge is 0.366 e. The summed E-state index contributed by atoms with van der Waals surface area (Å²) in [6.07, 6.45) is 1.57. The minimum Gasteiger partial charge on any atom is -0.366 e. The zero-order chi connectivity index (χ0) is 18.0. The summed E-state index contributed by atoms with van der Waals surface area (Å²) in [5.74, 6) is 0.00320. The highest BCUT2D eigenvalue weighted by Gasteiger charge is 2.23. The number of carbonyl (C=O) groups is 2. The third-order valence-electron chi connectivity index (χ3n) is 4.30. The van der Waals surface area contributed by atoms with Crippen LogP contribution in [0.5, 0.6) is 0 Å². The summed E-state index contributed by atoms with van der Waals surface area (Å²) >= 11 is 5.97. The van der Waals surface area contributed by atoms with E-state index in [2.05, 4.69) is 15.3 Å². The fraction of sp³-hybridized carbons (Fsp3) is 0.353. The first kappa shape index (κ1) is 17.3. The quantitative estimate of drug-likeness (QED) is 0.723. The zero-order valence-electron chi connectivity index (χ0n) is 13.9. The van der Waals surface area contributed by atoms with Crippen LogP contribution in [0.4, 0.5) is 5.82 Å². The summed E-state index contributed by atoms with van der Waals surface area (Å²) in [6, 6.07) is 6.86. The molecule has 0 radical (unpaired) electrons. The summed E-state index contributed by atoms with van der Waals surface area (Å²) in [5.41, 5.74) is 7.19. The number of hydrogen-bond acceptors (Lipinski definition) is 4. The molecule has 1 fully saturated rings. The van der Waals surface area contributed by atoms with Crippen LogP contribution >= 0.6 is 11.6 Å². The first-order valence-electron chi connectivity index (χ1n) is 8.11. The number of aryl methyl sites for hydroxylation is 1. The summed E-state index contributed by atoms with van der Waals surface area (Å²) in [4.78, 5) is 32.9. The molecule has 0 unspecified atom stereocenters. The lowest BCUT2D eigenvalue weighted by Gasteiger charge is -2.33. The maximum Gasteiger partial charge on any atom is 0.267 e. The molecule has 2 aromatic rings. The van der Waals surface area contributed by atoms with Crippen LogP contribution in [0, 0.1) is 6.92 Å². The molecule has 8 heteroatoms. The molecule has 0 aliphatic carbocycles. The number of primary amides is 1. The Hall–Kier alpha value is -2.54. The fourth-order valence-corrected chi connectivity index (χ4v) is 3.14. The van der Waals surface area contributed by atoms with E-state index in [0.717, 1.165) is 18.5 Å². The molecule has 132 valence electrons. The molecule has 2 amide bonds. The Morgan fingerprint density at radius 1 is 1.32 bits per heavy atom. The summed E-state index contributed by atoms with van der Waals surface area (Å²) in [5, 5.41) is 3.28. The van der Waals surface area contributed by atoms with E-state index in [9.17, 15) is 9.59 Å². The van der Waals surface area contributed by atoms with E-state index in [1.54, 1.807) is 12.1 Å². The van der Waals surface area contributed by atoms with Gasteiger partial charge in [-0.05, 0) is 44.0 Å². The lowest BCUT2D eigenvalue weighted by molar-refractivity contribution is 0.0925. The van der Waals surface area contributed by atoms with Gasteiger partial charge in [0.15, 0.2) is 0 Å². The summed E-state index contributed by atoms with van der Waals surface area (Å²) in [6.45, 7) is 3.33. The minimum absolute atomic E-state index is 0.0940. The molecule has 7 nitrogen and oxygen atoms in total. The Labute approximate surface area is 150 Å². The van der Waals surface area contributed by atoms with Gasteiger partial charge in [-0.2, -0.15) is 0 Å². The molecule has 1 saturated heterocycles. The van der Waals surface area contributed by atoms with Crippen molar-refractivity contribution < 1.29 is 9.59 Å². The fourth-order valence-electron chi connectivity index (χ4n) is 2.94. The van der Waals surface area contributed by atoms with Crippen molar-refractivity contribution in [3.05, 3.63) is 46.4 Å². The van der Waals surface area contributed by atoms with Crippen molar-refractivity contribution in [1.29, 1.82) is 0 Å². The molecule has 4 N–H and O–H groups in total. The predicted molar refractivity (Wildman–Crippen MR) is 96.0 cm³/mol. The highest BCUT2D eigenvalue weighted by Crippen LogP contribution is 2.22. The first-order chi connectivity index (χ1) is 11.9. The highest BCUT2D eigenvalue weighted by molar-refractivity contribution is 6.29. The maximum absolute atomic E-state index is 12.2. The number of anilines is 1. The third kappa shape index (κ3) is 4.11. The lowest BCUT2D eigenvalue weighted by Crippen LogP contribution is -2.45. The van der Waals surface area contributed by atoms with Gasteiger partial charge in [-0.1, -0.05) is 11.6 Å². The van der Waals surface area contributed by atoms with Crippen LogP contribution in [0.1, 0.15) is 39.4 Å². The van der Waals surface area contributed by atoms with Crippen LogP contribution in [0.15, 0.2) is 24.3 Å². The Kier molecular flexibility index (Phi) is 4.94. The van der Waals surface area contributed by atoms with Crippen molar-refractivity contribution in [2.75, 3.05) is 18.0 Å². The molecule has 1 aliphatic rings. The molecule has 0 spiro atoms. The van der Waals surface area contributed by atoms with Crippen LogP contribution in [0.3, 0.4) is 0 Å². The van der Waals surface area contributed by atoms with Crippen LogP contribution in [0.2, 0.25) is 5.15 Å². The number of nitrogens with two attached hydrogens (primary N) is 1. The zero-order valence-corrected chi connectivity index (χ0v) is 14.6. The number of nitrogens with zero attached hydrogens (tertiary/aromatic N) is 2. The van der Waals surface area contributed by atoms with E-state index in [4.69, 9.17) is 17.3 Å². The topological polar surface area (TPSA) is 104 Å². The number of carbonyl (C=O) groups excluding carboxylic acids is 2. The number of hydrogen-bond donors (Lipinski definition) is 3. The molecular formula is C17H20ClN5O2. The number of piperidine rings is 1. The minimum atomic E-state index is -0.533. The van der Waals surface area contributed by atoms with Crippen molar-refractivity contribution in [1.82, 2.24) is 15.3 Å². The van der Waals surface area contributed by atoms with Gasteiger partial charge in [-0.3, -0.25) is 9.59 Å². The molecule has 0 atom stereocenters. The van der Waals surface area contributed by atoms with Gasteiger partial charge in [-0.25, -0.2) is 4.98 Å². The molecule has 3 heterocycles. The van der Waals surface area contributed by atoms with E-state index in [1.807, 2.05) is 17.9 Å². The standard InChI is InChI=1S/C17H20ClN5O2/c1-10-2-3-13(20-10)17(25)21-12-4-6-23(7-5-12)15-9-11(16(19)24)8-14(18)22-15/h2-3,8-9,12,20H,4-7H2,1H3,(H2,19,24)(H,21,25). The van der Waals surface area contributed by atoms with Crippen LogP contribution in [-0.2, 0) is 0 Å². The lowest BCUT2D eigenvalue weighted by atomic mass is 10.0. The number of H-pyrrole nitrogens is 1.